The molecule has 0 saturated heterocycles. The first-order chi connectivity index (χ1) is 11.7. The average Bonchev–Trinajstić information content (AvgIpc) is 2.60. The zero-order chi connectivity index (χ0) is 18.2. The number of benzene rings is 1. The third kappa shape index (κ3) is 3.85. The van der Waals surface area contributed by atoms with E-state index in [0.717, 1.165) is 30.0 Å². The first-order valence-electron chi connectivity index (χ1n) is 7.74. The number of aryl methyl sites for hydroxylation is 1. The van der Waals surface area contributed by atoms with Gasteiger partial charge in [0.2, 0.25) is 0 Å². The predicted octanol–water partition coefficient (Wildman–Crippen LogP) is 1.51. The molecular weight excluding hydrogens is 398 g/mol. The average molecular weight is 418 g/mol. The maximum absolute atomic E-state index is 13.0. The van der Waals surface area contributed by atoms with Gasteiger partial charge in [-0.25, -0.2) is 21.8 Å². The highest BCUT2D eigenvalue weighted by atomic mass is 35.5. The second-order valence-electron chi connectivity index (χ2n) is 5.95. The van der Waals surface area contributed by atoms with Crippen LogP contribution >= 0.6 is 12.4 Å². The maximum atomic E-state index is 13.0. The summed E-state index contributed by atoms with van der Waals surface area (Å²) in [4.78, 5) is 3.75. The molecule has 0 amide bonds. The lowest BCUT2D eigenvalue weighted by Gasteiger charge is -2.30. The van der Waals surface area contributed by atoms with Gasteiger partial charge in [0.25, 0.3) is 10.0 Å². The zero-order valence-electron chi connectivity index (χ0n) is 14.1. The molecule has 3 rings (SSSR count). The van der Waals surface area contributed by atoms with Crippen molar-refractivity contribution in [2.75, 3.05) is 17.1 Å². The molecule has 0 aliphatic carbocycles. The van der Waals surface area contributed by atoms with Crippen molar-refractivity contribution in [3.63, 3.8) is 0 Å². The number of halogens is 1. The topological polar surface area (TPSA) is 110 Å². The summed E-state index contributed by atoms with van der Waals surface area (Å²) in [7, 11) is -7.29. The van der Waals surface area contributed by atoms with Gasteiger partial charge in [-0.15, -0.1) is 12.4 Å². The van der Waals surface area contributed by atoms with Crippen molar-refractivity contribution in [1.29, 1.82) is 0 Å². The Kier molecular flexibility index (Phi) is 5.96. The minimum absolute atomic E-state index is 0. The zero-order valence-corrected chi connectivity index (χ0v) is 16.6. The van der Waals surface area contributed by atoms with Gasteiger partial charge in [0, 0.05) is 25.5 Å². The molecule has 2 N–H and O–H groups in total. The number of rotatable bonds is 4. The third-order valence-electron chi connectivity index (χ3n) is 4.13. The molecule has 1 aliphatic heterocycles. The van der Waals surface area contributed by atoms with E-state index in [1.165, 1.54) is 16.4 Å². The molecule has 1 aromatic heterocycles. The first kappa shape index (κ1) is 20.6. The number of fused-ring (bicyclic) bond motifs is 1. The van der Waals surface area contributed by atoms with Crippen LogP contribution in [0.25, 0.3) is 0 Å². The summed E-state index contributed by atoms with van der Waals surface area (Å²) < 4.78 is 50.3. The van der Waals surface area contributed by atoms with E-state index in [4.69, 9.17) is 5.73 Å². The van der Waals surface area contributed by atoms with E-state index in [2.05, 4.69) is 4.98 Å². The minimum atomic E-state index is -3.81. The van der Waals surface area contributed by atoms with Gasteiger partial charge >= 0.3 is 0 Å². The van der Waals surface area contributed by atoms with E-state index in [1.807, 2.05) is 12.1 Å². The monoisotopic (exact) mass is 417 g/mol. The standard InChI is InChI=1S/C16H19N3O4S2.ClH/c1-24(20,21)16-7-5-14(11-18-16)25(22,23)19-8-2-3-13-9-12(10-17)4-6-15(13)19;/h4-7,9,11H,2-3,8,10,17H2,1H3;1H. The molecule has 0 spiro atoms. The van der Waals surface area contributed by atoms with Crippen molar-refractivity contribution in [3.05, 3.63) is 47.7 Å². The van der Waals surface area contributed by atoms with Crippen LogP contribution in [0.1, 0.15) is 17.5 Å². The number of hydrogen-bond donors (Lipinski definition) is 1. The Bertz CT molecular complexity index is 1010. The van der Waals surface area contributed by atoms with Crippen LogP contribution < -0.4 is 10.0 Å². The molecule has 0 saturated carbocycles. The third-order valence-corrected chi connectivity index (χ3v) is 6.93. The quantitative estimate of drug-likeness (QED) is 0.807. The Labute approximate surface area is 159 Å². The van der Waals surface area contributed by atoms with Crippen LogP contribution in [-0.2, 0) is 32.8 Å². The second kappa shape index (κ2) is 7.51. The van der Waals surface area contributed by atoms with Crippen molar-refractivity contribution in [2.24, 2.45) is 5.73 Å². The van der Waals surface area contributed by atoms with Gasteiger partial charge in [0.05, 0.1) is 5.69 Å². The second-order valence-corrected chi connectivity index (χ2v) is 9.78. The Balaban J connectivity index is 0.00000243. The van der Waals surface area contributed by atoms with Gasteiger partial charge in [0.1, 0.15) is 4.90 Å². The van der Waals surface area contributed by atoms with Gasteiger partial charge in [-0.05, 0) is 42.2 Å². The first-order valence-corrected chi connectivity index (χ1v) is 11.1. The largest absolute Gasteiger partial charge is 0.326 e. The molecule has 10 heteroatoms. The molecule has 1 aromatic carbocycles. The van der Waals surface area contributed by atoms with E-state index in [9.17, 15) is 16.8 Å². The highest BCUT2D eigenvalue weighted by molar-refractivity contribution is 7.93. The van der Waals surface area contributed by atoms with Crippen LogP contribution in [0.5, 0.6) is 0 Å². The highest BCUT2D eigenvalue weighted by Gasteiger charge is 2.29. The van der Waals surface area contributed by atoms with Gasteiger partial charge in [-0.2, -0.15) is 0 Å². The molecular formula is C16H20ClN3O4S2. The number of anilines is 1. The van der Waals surface area contributed by atoms with Crippen molar-refractivity contribution in [3.8, 4) is 0 Å². The van der Waals surface area contributed by atoms with Crippen LogP contribution in [0.15, 0.2) is 46.5 Å². The summed E-state index contributed by atoms with van der Waals surface area (Å²) in [5, 5.41) is -0.155. The Morgan fingerprint density at radius 1 is 1.15 bits per heavy atom. The molecule has 0 fully saturated rings. The molecule has 0 atom stereocenters. The molecule has 2 heterocycles. The minimum Gasteiger partial charge on any atom is -0.326 e. The van der Waals surface area contributed by atoms with E-state index >= 15 is 0 Å². The van der Waals surface area contributed by atoms with E-state index in [0.29, 0.717) is 25.2 Å². The lowest BCUT2D eigenvalue weighted by Crippen LogP contribution is -2.35. The van der Waals surface area contributed by atoms with Gasteiger partial charge in [-0.1, -0.05) is 12.1 Å². The molecule has 2 aromatic rings. The summed E-state index contributed by atoms with van der Waals surface area (Å²) >= 11 is 0. The number of nitrogens with two attached hydrogens (primary N) is 1. The van der Waals surface area contributed by atoms with E-state index in [-0.39, 0.29) is 22.3 Å². The van der Waals surface area contributed by atoms with Gasteiger partial charge in [0.15, 0.2) is 14.9 Å². The lowest BCUT2D eigenvalue weighted by atomic mass is 10.0. The fourth-order valence-electron chi connectivity index (χ4n) is 2.86. The number of nitrogens with zero attached hydrogens (tertiary/aromatic N) is 2. The molecule has 0 bridgehead atoms. The number of sulfonamides is 1. The lowest BCUT2D eigenvalue weighted by molar-refractivity contribution is 0.584. The maximum Gasteiger partial charge on any atom is 0.265 e. The number of hydrogen-bond acceptors (Lipinski definition) is 6. The summed E-state index contributed by atoms with van der Waals surface area (Å²) in [5.74, 6) is 0. The van der Waals surface area contributed by atoms with E-state index < -0.39 is 19.9 Å². The van der Waals surface area contributed by atoms with Crippen LogP contribution in [0.2, 0.25) is 0 Å². The molecule has 142 valence electrons. The van der Waals surface area contributed by atoms with Crippen LogP contribution in [-0.4, -0.2) is 34.6 Å². The van der Waals surface area contributed by atoms with Crippen LogP contribution in [0.3, 0.4) is 0 Å². The predicted molar refractivity (Wildman–Crippen MR) is 102 cm³/mol. The fraction of sp³-hybridized carbons (Fsp3) is 0.312. The van der Waals surface area contributed by atoms with Crippen LogP contribution in [0.4, 0.5) is 5.69 Å². The fourth-order valence-corrected chi connectivity index (χ4v) is 4.90. The van der Waals surface area contributed by atoms with Gasteiger partial charge < -0.3 is 5.73 Å². The highest BCUT2D eigenvalue weighted by Crippen LogP contribution is 2.32. The smallest absolute Gasteiger partial charge is 0.265 e. The number of aromatic nitrogens is 1. The number of pyridine rings is 1. The van der Waals surface area contributed by atoms with E-state index in [1.54, 1.807) is 6.07 Å². The molecule has 0 unspecified atom stereocenters. The summed E-state index contributed by atoms with van der Waals surface area (Å²) in [6.07, 6.45) is 3.61. The Hall–Kier alpha value is -1.68. The normalized spacial score (nSPS) is 14.5. The van der Waals surface area contributed by atoms with Crippen molar-refractivity contribution in [1.82, 2.24) is 4.98 Å². The molecule has 26 heavy (non-hydrogen) atoms. The summed E-state index contributed by atoms with van der Waals surface area (Å²) in [5.41, 5.74) is 8.19. The Morgan fingerprint density at radius 2 is 1.88 bits per heavy atom. The summed E-state index contributed by atoms with van der Waals surface area (Å²) in [6.45, 7) is 0.766. The van der Waals surface area contributed by atoms with Crippen molar-refractivity contribution in [2.45, 2.75) is 29.3 Å². The number of sulfone groups is 1. The van der Waals surface area contributed by atoms with Crippen molar-refractivity contribution < 1.29 is 16.8 Å². The summed E-state index contributed by atoms with van der Waals surface area (Å²) in [6, 6.07) is 8.01. The molecule has 0 radical (unpaired) electrons. The van der Waals surface area contributed by atoms with Gasteiger partial charge in [-0.3, -0.25) is 4.31 Å². The SMILES string of the molecule is CS(=O)(=O)c1ccc(S(=O)(=O)N2CCCc3cc(CN)ccc32)cn1.Cl. The molecule has 1 aliphatic rings. The van der Waals surface area contributed by atoms with Crippen molar-refractivity contribution >= 4 is 38.0 Å². The Morgan fingerprint density at radius 3 is 2.46 bits per heavy atom. The molecule has 7 nitrogen and oxygen atoms in total. The van der Waals surface area contributed by atoms with Crippen LogP contribution in [0, 0.1) is 0 Å².